The van der Waals surface area contributed by atoms with Gasteiger partial charge in [-0.05, 0) is 50.3 Å². The Morgan fingerprint density at radius 2 is 2.11 bits per heavy atom. The van der Waals surface area contributed by atoms with Crippen molar-refractivity contribution in [2.75, 3.05) is 32.7 Å². The summed E-state index contributed by atoms with van der Waals surface area (Å²) in [5.41, 5.74) is 1.56. The van der Waals surface area contributed by atoms with Gasteiger partial charge in [0.1, 0.15) is 0 Å². The Morgan fingerprint density at radius 1 is 1.29 bits per heavy atom. The zero-order chi connectivity index (χ0) is 19.1. The minimum absolute atomic E-state index is 0. The molecule has 3 rings (SSSR count). The highest BCUT2D eigenvalue weighted by atomic mass is 127. The number of carbonyl (C=O) groups is 1. The van der Waals surface area contributed by atoms with E-state index in [1.807, 2.05) is 4.90 Å². The number of hydrogen-bond donors (Lipinski definition) is 2. The summed E-state index contributed by atoms with van der Waals surface area (Å²) in [5.74, 6) is 1.18. The molecule has 2 fully saturated rings. The number of nitrogens with zero attached hydrogens (tertiary/aromatic N) is 2. The molecule has 1 amide bonds. The summed E-state index contributed by atoms with van der Waals surface area (Å²) in [7, 11) is 0. The van der Waals surface area contributed by atoms with Crippen LogP contribution in [0.2, 0.25) is 0 Å². The van der Waals surface area contributed by atoms with Gasteiger partial charge in [0, 0.05) is 42.5 Å². The molecule has 1 aliphatic carbocycles. The standard InChI is InChI=1S/C21H31BrN4O.HI/c1-2-23-20(24-12-6-14-26-13-4-9-19(26)27)25-16-21(10-5-11-21)17-7-3-8-18(22)15-17;/h3,7-8,15H,2,4-6,9-14,16H2,1H3,(H2,23,24,25);1H. The molecule has 2 aliphatic rings. The molecule has 28 heavy (non-hydrogen) atoms. The third-order valence-corrected chi connectivity index (χ3v) is 6.19. The van der Waals surface area contributed by atoms with Crippen LogP contribution in [0.3, 0.4) is 0 Å². The minimum Gasteiger partial charge on any atom is -0.357 e. The highest BCUT2D eigenvalue weighted by Crippen LogP contribution is 2.44. The van der Waals surface area contributed by atoms with E-state index in [2.05, 4.69) is 57.8 Å². The van der Waals surface area contributed by atoms with Crippen LogP contribution in [0, 0.1) is 0 Å². The monoisotopic (exact) mass is 562 g/mol. The fourth-order valence-electron chi connectivity index (χ4n) is 3.95. The van der Waals surface area contributed by atoms with Gasteiger partial charge in [0.25, 0.3) is 0 Å². The van der Waals surface area contributed by atoms with Gasteiger partial charge in [-0.2, -0.15) is 0 Å². The van der Waals surface area contributed by atoms with Crippen molar-refractivity contribution in [3.05, 3.63) is 34.3 Å². The quantitative estimate of drug-likeness (QED) is 0.217. The topological polar surface area (TPSA) is 56.7 Å². The Balaban J connectivity index is 0.00000280. The van der Waals surface area contributed by atoms with Crippen molar-refractivity contribution in [1.29, 1.82) is 0 Å². The first kappa shape index (κ1) is 23.4. The number of nitrogens with one attached hydrogen (secondary N) is 2. The first-order valence-corrected chi connectivity index (χ1v) is 11.0. The van der Waals surface area contributed by atoms with Crippen LogP contribution in [0.1, 0.15) is 51.0 Å². The summed E-state index contributed by atoms with van der Waals surface area (Å²) >= 11 is 3.60. The zero-order valence-corrected chi connectivity index (χ0v) is 20.6. The molecule has 2 N–H and O–H groups in total. The fourth-order valence-corrected chi connectivity index (χ4v) is 4.35. The second kappa shape index (κ2) is 11.4. The van der Waals surface area contributed by atoms with Gasteiger partial charge in [-0.1, -0.05) is 34.5 Å². The number of hydrogen-bond acceptors (Lipinski definition) is 2. The summed E-state index contributed by atoms with van der Waals surface area (Å²) in [6, 6.07) is 8.66. The van der Waals surface area contributed by atoms with Crippen LogP contribution in [0.4, 0.5) is 0 Å². The summed E-state index contributed by atoms with van der Waals surface area (Å²) < 4.78 is 1.14. The van der Waals surface area contributed by atoms with E-state index in [-0.39, 0.29) is 29.4 Å². The molecule has 1 aromatic rings. The maximum Gasteiger partial charge on any atom is 0.222 e. The summed E-state index contributed by atoms with van der Waals surface area (Å²) in [4.78, 5) is 18.6. The Bertz CT molecular complexity index is 678. The molecule has 1 heterocycles. The van der Waals surface area contributed by atoms with Gasteiger partial charge >= 0.3 is 0 Å². The molecule has 1 saturated heterocycles. The number of likely N-dealkylation sites (tertiary alicyclic amines) is 1. The lowest BCUT2D eigenvalue weighted by Gasteiger charge is -2.41. The Hall–Kier alpha value is -0.830. The van der Waals surface area contributed by atoms with E-state index in [0.717, 1.165) is 62.4 Å². The van der Waals surface area contributed by atoms with E-state index in [9.17, 15) is 4.79 Å². The molecule has 1 saturated carbocycles. The largest absolute Gasteiger partial charge is 0.357 e. The van der Waals surface area contributed by atoms with Crippen molar-refractivity contribution in [3.63, 3.8) is 0 Å². The molecular weight excluding hydrogens is 531 g/mol. The first-order chi connectivity index (χ1) is 13.1. The molecule has 1 aromatic carbocycles. The van der Waals surface area contributed by atoms with Crippen molar-refractivity contribution in [3.8, 4) is 0 Å². The number of halogens is 2. The lowest BCUT2D eigenvalue weighted by atomic mass is 9.64. The Labute approximate surface area is 194 Å². The summed E-state index contributed by atoms with van der Waals surface area (Å²) in [6.45, 7) is 6.34. The Kier molecular flexibility index (Phi) is 9.53. The van der Waals surface area contributed by atoms with E-state index < -0.39 is 0 Å². The highest BCUT2D eigenvalue weighted by Gasteiger charge is 2.38. The van der Waals surface area contributed by atoms with Gasteiger partial charge in [-0.15, -0.1) is 24.0 Å². The van der Waals surface area contributed by atoms with E-state index in [4.69, 9.17) is 4.99 Å². The molecule has 0 unspecified atom stereocenters. The second-order valence-corrected chi connectivity index (χ2v) is 8.52. The summed E-state index contributed by atoms with van der Waals surface area (Å²) in [5, 5.41) is 6.79. The average Bonchev–Trinajstić information content (AvgIpc) is 3.02. The maximum absolute atomic E-state index is 11.7. The summed E-state index contributed by atoms with van der Waals surface area (Å²) in [6.07, 6.45) is 6.35. The number of aliphatic imine (C=N–C) groups is 1. The van der Waals surface area contributed by atoms with Crippen LogP contribution in [-0.2, 0) is 10.2 Å². The van der Waals surface area contributed by atoms with Crippen LogP contribution in [0.15, 0.2) is 33.7 Å². The third kappa shape index (κ3) is 6.08. The molecule has 0 spiro atoms. The third-order valence-electron chi connectivity index (χ3n) is 5.70. The van der Waals surface area contributed by atoms with Crippen molar-refractivity contribution >= 4 is 51.8 Å². The maximum atomic E-state index is 11.7. The smallest absolute Gasteiger partial charge is 0.222 e. The number of carbonyl (C=O) groups excluding carboxylic acids is 1. The molecule has 0 radical (unpaired) electrons. The lowest BCUT2D eigenvalue weighted by molar-refractivity contribution is -0.127. The van der Waals surface area contributed by atoms with Crippen molar-refractivity contribution in [2.45, 2.75) is 50.9 Å². The second-order valence-electron chi connectivity index (χ2n) is 7.60. The van der Waals surface area contributed by atoms with Crippen LogP contribution >= 0.6 is 39.9 Å². The molecule has 1 aliphatic heterocycles. The zero-order valence-electron chi connectivity index (χ0n) is 16.7. The Morgan fingerprint density at radius 3 is 2.71 bits per heavy atom. The molecule has 0 atom stereocenters. The SMILES string of the molecule is CCNC(=NCC1(c2cccc(Br)c2)CCC1)NCCCN1CCCC1=O.I. The first-order valence-electron chi connectivity index (χ1n) is 10.2. The molecule has 0 aromatic heterocycles. The van der Waals surface area contributed by atoms with Crippen LogP contribution in [-0.4, -0.2) is 49.5 Å². The minimum atomic E-state index is 0. The van der Waals surface area contributed by atoms with Crippen LogP contribution < -0.4 is 10.6 Å². The van der Waals surface area contributed by atoms with E-state index in [1.165, 1.54) is 24.8 Å². The van der Waals surface area contributed by atoms with Crippen LogP contribution in [0.25, 0.3) is 0 Å². The van der Waals surface area contributed by atoms with E-state index in [1.54, 1.807) is 0 Å². The molecule has 0 bridgehead atoms. The van der Waals surface area contributed by atoms with Gasteiger partial charge in [0.05, 0.1) is 6.54 Å². The molecule has 156 valence electrons. The number of guanidine groups is 1. The van der Waals surface area contributed by atoms with Crippen molar-refractivity contribution < 1.29 is 4.79 Å². The van der Waals surface area contributed by atoms with E-state index in [0.29, 0.717) is 5.91 Å². The fraction of sp³-hybridized carbons (Fsp3) is 0.619. The normalized spacial score (nSPS) is 18.4. The highest BCUT2D eigenvalue weighted by molar-refractivity contribution is 14.0. The lowest BCUT2D eigenvalue weighted by Crippen LogP contribution is -2.42. The molecule has 7 heteroatoms. The predicted molar refractivity (Wildman–Crippen MR) is 129 cm³/mol. The van der Waals surface area contributed by atoms with Gasteiger partial charge in [-0.3, -0.25) is 9.79 Å². The average molecular weight is 563 g/mol. The van der Waals surface area contributed by atoms with Crippen molar-refractivity contribution in [2.24, 2.45) is 4.99 Å². The number of amides is 1. The predicted octanol–water partition coefficient (Wildman–Crippen LogP) is 4.06. The van der Waals surface area contributed by atoms with Gasteiger partial charge in [0.2, 0.25) is 5.91 Å². The molecular formula is C21H32BrIN4O. The number of rotatable bonds is 8. The van der Waals surface area contributed by atoms with E-state index >= 15 is 0 Å². The number of benzene rings is 1. The van der Waals surface area contributed by atoms with Crippen molar-refractivity contribution in [1.82, 2.24) is 15.5 Å². The van der Waals surface area contributed by atoms with Crippen LogP contribution in [0.5, 0.6) is 0 Å². The van der Waals surface area contributed by atoms with Gasteiger partial charge in [-0.25, -0.2) is 0 Å². The van der Waals surface area contributed by atoms with Gasteiger partial charge in [0.15, 0.2) is 5.96 Å². The molecule has 5 nitrogen and oxygen atoms in total. The van der Waals surface area contributed by atoms with Gasteiger partial charge < -0.3 is 15.5 Å².